The minimum absolute atomic E-state index is 0.182. The molecule has 0 aromatic heterocycles. The molecule has 0 bridgehead atoms. The van der Waals surface area contributed by atoms with Crippen molar-refractivity contribution < 1.29 is 28.6 Å². The Kier molecular flexibility index (Phi) is 11.0. The van der Waals surface area contributed by atoms with Crippen molar-refractivity contribution in [1.82, 2.24) is 0 Å². The molecule has 7 heteroatoms. The van der Waals surface area contributed by atoms with Crippen molar-refractivity contribution in [2.24, 2.45) is 0 Å². The first kappa shape index (κ1) is 27.6. The molecule has 0 saturated heterocycles. The highest BCUT2D eigenvalue weighted by atomic mass is 16.6. The first-order valence-electron chi connectivity index (χ1n) is 12.0. The van der Waals surface area contributed by atoms with Gasteiger partial charge in [0.1, 0.15) is 0 Å². The predicted octanol–water partition coefficient (Wildman–Crippen LogP) is 5.84. The van der Waals surface area contributed by atoms with Crippen molar-refractivity contribution in [1.29, 1.82) is 0 Å². The van der Waals surface area contributed by atoms with Gasteiger partial charge in [0, 0.05) is 5.56 Å². The Labute approximate surface area is 207 Å². The van der Waals surface area contributed by atoms with Crippen LogP contribution >= 0.6 is 0 Å². The zero-order valence-corrected chi connectivity index (χ0v) is 21.1. The third-order valence-electron chi connectivity index (χ3n) is 4.79. The van der Waals surface area contributed by atoms with Gasteiger partial charge in [-0.3, -0.25) is 4.79 Å². The Morgan fingerprint density at radius 1 is 0.886 bits per heavy atom. The van der Waals surface area contributed by atoms with E-state index in [0.29, 0.717) is 11.3 Å². The lowest BCUT2D eigenvalue weighted by atomic mass is 10.1. The summed E-state index contributed by atoms with van der Waals surface area (Å²) in [7, 11) is 0. The van der Waals surface area contributed by atoms with Crippen LogP contribution in [0.3, 0.4) is 0 Å². The number of esters is 2. The maximum Gasteiger partial charge on any atom is 0.374 e. The van der Waals surface area contributed by atoms with E-state index in [1.807, 2.05) is 12.1 Å². The van der Waals surface area contributed by atoms with Crippen LogP contribution in [0.1, 0.15) is 69.8 Å². The van der Waals surface area contributed by atoms with Gasteiger partial charge in [-0.15, -0.1) is 0 Å². The van der Waals surface area contributed by atoms with E-state index in [4.69, 9.17) is 14.2 Å². The number of amides is 1. The number of hydrogen-bond donors (Lipinski definition) is 1. The fourth-order valence-corrected chi connectivity index (χ4v) is 3.15. The van der Waals surface area contributed by atoms with Crippen molar-refractivity contribution in [2.45, 2.75) is 72.5 Å². The molecule has 0 heterocycles. The van der Waals surface area contributed by atoms with Crippen LogP contribution in [0.5, 0.6) is 5.75 Å². The van der Waals surface area contributed by atoms with Crippen LogP contribution in [0.25, 0.3) is 0 Å². The molecular weight excluding hydrogens is 446 g/mol. The van der Waals surface area contributed by atoms with E-state index in [2.05, 4.69) is 12.2 Å². The molecule has 2 aromatic carbocycles. The van der Waals surface area contributed by atoms with Crippen LogP contribution in [0.4, 0.5) is 5.69 Å². The molecule has 35 heavy (non-hydrogen) atoms. The molecule has 2 rings (SSSR count). The summed E-state index contributed by atoms with van der Waals surface area (Å²) in [6.07, 6.45) is 4.59. The van der Waals surface area contributed by atoms with Gasteiger partial charge < -0.3 is 19.5 Å². The first-order valence-corrected chi connectivity index (χ1v) is 12.0. The van der Waals surface area contributed by atoms with Gasteiger partial charge in [0.15, 0.2) is 5.75 Å². The molecule has 0 spiro atoms. The summed E-state index contributed by atoms with van der Waals surface area (Å²) < 4.78 is 16.0. The van der Waals surface area contributed by atoms with Crippen LogP contribution in [0.15, 0.2) is 60.4 Å². The summed E-state index contributed by atoms with van der Waals surface area (Å²) in [5.74, 6) is -2.05. The highest BCUT2D eigenvalue weighted by Gasteiger charge is 2.20. The number of ether oxygens (including phenoxy) is 3. The first-order chi connectivity index (χ1) is 16.7. The van der Waals surface area contributed by atoms with Gasteiger partial charge in [-0.2, -0.15) is 0 Å². The summed E-state index contributed by atoms with van der Waals surface area (Å²) in [5.41, 5.74) is 2.02. The van der Waals surface area contributed by atoms with Crippen LogP contribution in [-0.4, -0.2) is 30.1 Å². The second kappa shape index (κ2) is 13.9. The fourth-order valence-electron chi connectivity index (χ4n) is 3.15. The zero-order chi connectivity index (χ0) is 25.8. The lowest BCUT2D eigenvalue weighted by Crippen LogP contribution is -2.20. The second-order valence-corrected chi connectivity index (χ2v) is 8.65. The number of nitrogens with one attached hydrogen (secondary N) is 1. The summed E-state index contributed by atoms with van der Waals surface area (Å²) >= 11 is 0. The lowest BCUT2D eigenvalue weighted by Gasteiger charge is -2.15. The van der Waals surface area contributed by atoms with E-state index in [1.54, 1.807) is 64.1 Å². The van der Waals surface area contributed by atoms with E-state index >= 15 is 0 Å². The molecular formula is C28H35NO6. The Morgan fingerprint density at radius 2 is 1.54 bits per heavy atom. The Balaban J connectivity index is 2.20. The quantitative estimate of drug-likeness (QED) is 0.177. The number of para-hydroxylation sites is 2. The van der Waals surface area contributed by atoms with Crippen molar-refractivity contribution in [2.75, 3.05) is 5.32 Å². The maximum atomic E-state index is 12.9. The molecule has 1 amide bonds. The zero-order valence-electron chi connectivity index (χ0n) is 21.1. The maximum absolute atomic E-state index is 12.9. The number of aryl methyl sites for hydroxylation is 1. The van der Waals surface area contributed by atoms with Gasteiger partial charge in [0.05, 0.1) is 24.0 Å². The molecule has 0 aliphatic carbocycles. The molecule has 0 radical (unpaired) electrons. The van der Waals surface area contributed by atoms with Gasteiger partial charge in [-0.1, -0.05) is 44.0 Å². The number of carbonyl (C=O) groups excluding carboxylic acids is 3. The van der Waals surface area contributed by atoms with E-state index in [-0.39, 0.29) is 23.5 Å². The Bertz CT molecular complexity index is 1020. The Morgan fingerprint density at radius 3 is 2.17 bits per heavy atom. The number of rotatable bonds is 12. The highest BCUT2D eigenvalue weighted by molar-refractivity contribution is 6.05. The standard InChI is InChI=1S/C28H35NO6/c1-6-7-8-11-21-14-16-22(17-15-21)27(31)29-23-12-9-10-13-24(23)35-25(28(32)34-20(4)5)18-26(30)33-19(2)3/h9-10,12-20H,6-8,11H2,1-5H3,(H,29,31)/b25-18+. The molecule has 0 aliphatic heterocycles. The topological polar surface area (TPSA) is 90.9 Å². The Hall–Kier alpha value is -3.61. The summed E-state index contributed by atoms with van der Waals surface area (Å²) in [6, 6.07) is 14.1. The van der Waals surface area contributed by atoms with E-state index in [1.165, 1.54) is 12.0 Å². The van der Waals surface area contributed by atoms with Crippen LogP contribution < -0.4 is 10.1 Å². The second-order valence-electron chi connectivity index (χ2n) is 8.65. The largest absolute Gasteiger partial charge is 0.460 e. The van der Waals surface area contributed by atoms with Crippen LogP contribution in [0, 0.1) is 0 Å². The van der Waals surface area contributed by atoms with Gasteiger partial charge >= 0.3 is 11.9 Å². The molecule has 0 fully saturated rings. The molecule has 1 N–H and O–H groups in total. The third-order valence-corrected chi connectivity index (χ3v) is 4.79. The number of hydrogen-bond acceptors (Lipinski definition) is 6. The lowest BCUT2D eigenvalue weighted by molar-refractivity contribution is -0.147. The molecule has 188 valence electrons. The molecule has 0 atom stereocenters. The monoisotopic (exact) mass is 481 g/mol. The molecule has 7 nitrogen and oxygen atoms in total. The fraction of sp³-hybridized carbons (Fsp3) is 0.393. The van der Waals surface area contributed by atoms with Crippen molar-refractivity contribution in [3.8, 4) is 5.75 Å². The third kappa shape index (κ3) is 9.65. The predicted molar refractivity (Wildman–Crippen MR) is 135 cm³/mol. The smallest absolute Gasteiger partial charge is 0.374 e. The van der Waals surface area contributed by atoms with E-state index < -0.39 is 18.0 Å². The summed E-state index contributed by atoms with van der Waals surface area (Å²) in [6.45, 7) is 8.93. The van der Waals surface area contributed by atoms with Crippen molar-refractivity contribution in [3.05, 3.63) is 71.5 Å². The molecule has 2 aromatic rings. The van der Waals surface area contributed by atoms with E-state index in [0.717, 1.165) is 25.3 Å². The van der Waals surface area contributed by atoms with Gasteiger partial charge in [-0.05, 0) is 70.4 Å². The number of carbonyl (C=O) groups is 3. The molecule has 0 saturated carbocycles. The minimum Gasteiger partial charge on any atom is -0.460 e. The molecule has 0 unspecified atom stereocenters. The number of unbranched alkanes of at least 4 members (excludes halogenated alkanes) is 2. The van der Waals surface area contributed by atoms with Crippen LogP contribution in [-0.2, 0) is 25.5 Å². The number of anilines is 1. The van der Waals surface area contributed by atoms with Gasteiger partial charge in [0.2, 0.25) is 5.76 Å². The minimum atomic E-state index is -0.819. The average Bonchev–Trinajstić information content (AvgIpc) is 2.79. The summed E-state index contributed by atoms with van der Waals surface area (Å²) in [5, 5.41) is 2.81. The van der Waals surface area contributed by atoms with Crippen molar-refractivity contribution in [3.63, 3.8) is 0 Å². The number of benzene rings is 2. The van der Waals surface area contributed by atoms with E-state index in [9.17, 15) is 14.4 Å². The highest BCUT2D eigenvalue weighted by Crippen LogP contribution is 2.27. The average molecular weight is 482 g/mol. The SMILES string of the molecule is CCCCCc1ccc(C(=O)Nc2ccccc2O/C(=C/C(=O)OC(C)C)C(=O)OC(C)C)cc1. The summed E-state index contributed by atoms with van der Waals surface area (Å²) in [4.78, 5) is 37.6. The van der Waals surface area contributed by atoms with Gasteiger partial charge in [-0.25, -0.2) is 9.59 Å². The van der Waals surface area contributed by atoms with Crippen molar-refractivity contribution >= 4 is 23.5 Å². The normalized spacial score (nSPS) is 11.3. The van der Waals surface area contributed by atoms with Crippen LogP contribution in [0.2, 0.25) is 0 Å². The molecule has 0 aliphatic rings. The van der Waals surface area contributed by atoms with Gasteiger partial charge in [0.25, 0.3) is 5.91 Å².